The van der Waals surface area contributed by atoms with Gasteiger partial charge in [-0.3, -0.25) is 4.79 Å². The van der Waals surface area contributed by atoms with Crippen molar-refractivity contribution in [2.45, 2.75) is 34.1 Å². The van der Waals surface area contributed by atoms with Crippen molar-refractivity contribution in [2.24, 2.45) is 0 Å². The Balaban J connectivity index is 1.98. The van der Waals surface area contributed by atoms with Crippen LogP contribution in [-0.2, 0) is 0 Å². The van der Waals surface area contributed by atoms with Gasteiger partial charge in [0.2, 0.25) is 0 Å². The van der Waals surface area contributed by atoms with Crippen molar-refractivity contribution < 1.29 is 4.79 Å². The van der Waals surface area contributed by atoms with Gasteiger partial charge in [-0.2, -0.15) is 0 Å². The third kappa shape index (κ3) is 3.24. The highest BCUT2D eigenvalue weighted by atomic mass is 16.2. The number of nitrogens with zero attached hydrogens (tertiary/aromatic N) is 2. The van der Waals surface area contributed by atoms with E-state index in [0.29, 0.717) is 0 Å². The number of rotatable bonds is 2. The van der Waals surface area contributed by atoms with E-state index < -0.39 is 0 Å². The normalized spacial score (nSPS) is 15.4. The minimum Gasteiger partial charge on any atom is -0.337 e. The molecule has 4 nitrogen and oxygen atoms in total. The Morgan fingerprint density at radius 3 is 2.38 bits per heavy atom. The molecule has 0 radical (unpaired) electrons. The molecule has 24 heavy (non-hydrogen) atoms. The Morgan fingerprint density at radius 1 is 0.958 bits per heavy atom. The van der Waals surface area contributed by atoms with Crippen LogP contribution in [0.3, 0.4) is 0 Å². The molecular weight excluding hydrogens is 298 g/mol. The maximum Gasteiger partial charge on any atom is 0.255 e. The summed E-state index contributed by atoms with van der Waals surface area (Å²) in [6.45, 7) is 11.8. The van der Waals surface area contributed by atoms with Gasteiger partial charge < -0.3 is 14.8 Å². The third-order valence-electron chi connectivity index (χ3n) is 4.75. The molecule has 1 fully saturated rings. The van der Waals surface area contributed by atoms with E-state index in [0.717, 1.165) is 55.2 Å². The van der Waals surface area contributed by atoms with Gasteiger partial charge in [0.05, 0.1) is 5.56 Å². The second-order valence-electron chi connectivity index (χ2n) is 6.86. The van der Waals surface area contributed by atoms with Crippen molar-refractivity contribution in [1.82, 2.24) is 14.8 Å². The number of aryl methyl sites for hydroxylation is 3. The first-order valence-corrected chi connectivity index (χ1v) is 8.75. The minimum atomic E-state index is 0.155. The number of benzene rings is 1. The number of amides is 1. The SMILES string of the molecule is Cc1cc(C)cc(-n2c(C)cc(C(=O)N3CCCNCC3)c2C)c1. The molecule has 1 amide bonds. The molecule has 1 aromatic carbocycles. The van der Waals surface area contributed by atoms with Crippen molar-refractivity contribution in [3.8, 4) is 5.69 Å². The van der Waals surface area contributed by atoms with Gasteiger partial charge in [0.25, 0.3) is 5.91 Å². The summed E-state index contributed by atoms with van der Waals surface area (Å²) in [5.74, 6) is 0.155. The van der Waals surface area contributed by atoms with Crippen molar-refractivity contribution >= 4 is 5.91 Å². The van der Waals surface area contributed by atoms with E-state index in [-0.39, 0.29) is 5.91 Å². The summed E-state index contributed by atoms with van der Waals surface area (Å²) < 4.78 is 2.20. The predicted molar refractivity (Wildman–Crippen MR) is 98.1 cm³/mol. The maximum absolute atomic E-state index is 13.0. The molecule has 1 aromatic heterocycles. The highest BCUT2D eigenvalue weighted by molar-refractivity contribution is 5.96. The van der Waals surface area contributed by atoms with Crippen molar-refractivity contribution in [3.05, 3.63) is 52.3 Å². The quantitative estimate of drug-likeness (QED) is 0.921. The van der Waals surface area contributed by atoms with Gasteiger partial charge in [-0.25, -0.2) is 0 Å². The van der Waals surface area contributed by atoms with Crippen LogP contribution in [0.1, 0.15) is 39.3 Å². The average molecular weight is 325 g/mol. The molecule has 128 valence electrons. The Kier molecular flexibility index (Phi) is 4.76. The molecule has 4 heteroatoms. The largest absolute Gasteiger partial charge is 0.337 e. The van der Waals surface area contributed by atoms with Gasteiger partial charge in [0.15, 0.2) is 0 Å². The van der Waals surface area contributed by atoms with E-state index in [2.05, 4.69) is 48.9 Å². The van der Waals surface area contributed by atoms with Gasteiger partial charge in [-0.15, -0.1) is 0 Å². The molecule has 2 heterocycles. The highest BCUT2D eigenvalue weighted by Crippen LogP contribution is 2.24. The summed E-state index contributed by atoms with van der Waals surface area (Å²) in [5, 5.41) is 3.35. The lowest BCUT2D eigenvalue weighted by Crippen LogP contribution is -2.34. The lowest BCUT2D eigenvalue weighted by atomic mass is 10.1. The Labute approximate surface area is 144 Å². The number of aromatic nitrogens is 1. The van der Waals surface area contributed by atoms with Crippen LogP contribution in [-0.4, -0.2) is 41.6 Å². The third-order valence-corrected chi connectivity index (χ3v) is 4.75. The first-order chi connectivity index (χ1) is 11.5. The molecule has 1 saturated heterocycles. The van der Waals surface area contributed by atoms with Crippen molar-refractivity contribution in [1.29, 1.82) is 0 Å². The molecule has 0 spiro atoms. The second-order valence-corrected chi connectivity index (χ2v) is 6.86. The van der Waals surface area contributed by atoms with E-state index in [1.807, 2.05) is 17.9 Å². The first kappa shape index (κ1) is 16.8. The smallest absolute Gasteiger partial charge is 0.255 e. The van der Waals surface area contributed by atoms with Gasteiger partial charge in [0, 0.05) is 36.7 Å². The lowest BCUT2D eigenvalue weighted by molar-refractivity contribution is 0.0765. The summed E-state index contributed by atoms with van der Waals surface area (Å²) >= 11 is 0. The van der Waals surface area contributed by atoms with Crippen molar-refractivity contribution in [3.63, 3.8) is 0 Å². The summed E-state index contributed by atoms with van der Waals surface area (Å²) in [6.07, 6.45) is 1.02. The fourth-order valence-corrected chi connectivity index (χ4v) is 3.68. The Morgan fingerprint density at radius 2 is 1.67 bits per heavy atom. The molecule has 1 N–H and O–H groups in total. The molecule has 1 aliphatic heterocycles. The molecule has 2 aromatic rings. The highest BCUT2D eigenvalue weighted by Gasteiger charge is 2.22. The Bertz CT molecular complexity index is 732. The van der Waals surface area contributed by atoms with Crippen LogP contribution in [0.5, 0.6) is 0 Å². The van der Waals surface area contributed by atoms with E-state index in [9.17, 15) is 4.79 Å². The maximum atomic E-state index is 13.0. The molecule has 3 rings (SSSR count). The summed E-state index contributed by atoms with van der Waals surface area (Å²) in [7, 11) is 0. The Hall–Kier alpha value is -2.07. The second kappa shape index (κ2) is 6.81. The lowest BCUT2D eigenvalue weighted by Gasteiger charge is -2.20. The van der Waals surface area contributed by atoms with Crippen molar-refractivity contribution in [2.75, 3.05) is 26.2 Å². The molecule has 0 atom stereocenters. The number of hydrogen-bond acceptors (Lipinski definition) is 2. The fourth-order valence-electron chi connectivity index (χ4n) is 3.68. The molecule has 0 unspecified atom stereocenters. The number of hydrogen-bond donors (Lipinski definition) is 1. The van der Waals surface area contributed by atoms with Crippen LogP contribution >= 0.6 is 0 Å². The van der Waals surface area contributed by atoms with Crippen LogP contribution < -0.4 is 5.32 Å². The number of carbonyl (C=O) groups excluding carboxylic acids is 1. The molecule has 0 bridgehead atoms. The fraction of sp³-hybridized carbons (Fsp3) is 0.450. The average Bonchev–Trinajstić information content (AvgIpc) is 2.70. The van der Waals surface area contributed by atoms with E-state index in [4.69, 9.17) is 0 Å². The van der Waals surface area contributed by atoms with Gasteiger partial charge >= 0.3 is 0 Å². The van der Waals surface area contributed by atoms with Gasteiger partial charge in [-0.05, 0) is 70.0 Å². The van der Waals surface area contributed by atoms with Crippen LogP contribution in [0.15, 0.2) is 24.3 Å². The monoisotopic (exact) mass is 325 g/mol. The first-order valence-electron chi connectivity index (χ1n) is 8.75. The number of nitrogens with one attached hydrogen (secondary N) is 1. The summed E-state index contributed by atoms with van der Waals surface area (Å²) in [5.41, 5.74) is 6.58. The predicted octanol–water partition coefficient (Wildman–Crippen LogP) is 3.15. The van der Waals surface area contributed by atoms with Crippen LogP contribution in [0, 0.1) is 27.7 Å². The van der Waals surface area contributed by atoms with E-state index in [1.165, 1.54) is 11.1 Å². The standard InChI is InChI=1S/C20H27N3O/c1-14-10-15(2)12-18(11-14)23-16(3)13-19(17(23)4)20(24)22-8-5-6-21-7-9-22/h10-13,21H,5-9H2,1-4H3. The molecule has 0 saturated carbocycles. The number of carbonyl (C=O) groups is 1. The van der Waals surface area contributed by atoms with E-state index in [1.54, 1.807) is 0 Å². The topological polar surface area (TPSA) is 37.3 Å². The zero-order valence-electron chi connectivity index (χ0n) is 15.1. The zero-order chi connectivity index (χ0) is 17.3. The molecule has 0 aliphatic carbocycles. The van der Waals surface area contributed by atoms with Crippen LogP contribution in [0.2, 0.25) is 0 Å². The summed E-state index contributed by atoms with van der Waals surface area (Å²) in [6, 6.07) is 8.57. The zero-order valence-corrected chi connectivity index (χ0v) is 15.1. The summed E-state index contributed by atoms with van der Waals surface area (Å²) in [4.78, 5) is 15.0. The molecule has 1 aliphatic rings. The van der Waals surface area contributed by atoms with E-state index >= 15 is 0 Å². The van der Waals surface area contributed by atoms with Crippen LogP contribution in [0.25, 0.3) is 5.69 Å². The minimum absolute atomic E-state index is 0.155. The van der Waals surface area contributed by atoms with Gasteiger partial charge in [0.1, 0.15) is 0 Å². The van der Waals surface area contributed by atoms with Gasteiger partial charge in [-0.1, -0.05) is 6.07 Å². The van der Waals surface area contributed by atoms with Crippen LogP contribution in [0.4, 0.5) is 0 Å². The molecular formula is C20H27N3O.